The van der Waals surface area contributed by atoms with Crippen molar-refractivity contribution in [2.75, 3.05) is 11.5 Å². The number of carbonyl (C=O) groups excluding carboxylic acids is 1. The molecule has 1 amide bonds. The second kappa shape index (κ2) is 8.55. The van der Waals surface area contributed by atoms with Crippen molar-refractivity contribution in [3.05, 3.63) is 89.8 Å². The van der Waals surface area contributed by atoms with E-state index >= 15 is 0 Å². The maximum absolute atomic E-state index is 12.4. The standard InChI is InChI=1S/C25H21N3O4/c1-17-7-12-21-22(13-17)31-16-24(29)28(21)14-23-26-25(27-32-23)19-8-10-20(11-9-19)30-15-18-5-3-2-4-6-18/h2-13H,14-16H2,1H3. The molecule has 4 aromatic rings. The summed E-state index contributed by atoms with van der Waals surface area (Å²) in [4.78, 5) is 18.5. The summed E-state index contributed by atoms with van der Waals surface area (Å²) in [5, 5.41) is 4.07. The number of hydrogen-bond acceptors (Lipinski definition) is 6. The molecule has 0 saturated heterocycles. The molecule has 5 rings (SSSR count). The van der Waals surface area contributed by atoms with Gasteiger partial charge in [0, 0.05) is 5.56 Å². The van der Waals surface area contributed by atoms with E-state index in [0.717, 1.165) is 22.4 Å². The van der Waals surface area contributed by atoms with Gasteiger partial charge >= 0.3 is 0 Å². The summed E-state index contributed by atoms with van der Waals surface area (Å²) < 4.78 is 16.8. The minimum atomic E-state index is -0.152. The van der Waals surface area contributed by atoms with Crippen molar-refractivity contribution in [1.82, 2.24) is 10.1 Å². The SMILES string of the molecule is Cc1ccc2c(c1)OCC(=O)N2Cc1nc(-c2ccc(OCc3ccccc3)cc2)no1. The third-order valence-electron chi connectivity index (χ3n) is 5.18. The minimum Gasteiger partial charge on any atom is -0.489 e. The van der Waals surface area contributed by atoms with E-state index in [4.69, 9.17) is 14.0 Å². The van der Waals surface area contributed by atoms with Gasteiger partial charge in [0.15, 0.2) is 6.61 Å². The number of amides is 1. The van der Waals surface area contributed by atoms with Crippen LogP contribution in [0.2, 0.25) is 0 Å². The summed E-state index contributed by atoms with van der Waals surface area (Å²) in [6, 6.07) is 23.2. The molecule has 1 aliphatic heterocycles. The maximum Gasteiger partial charge on any atom is 0.265 e. The van der Waals surface area contributed by atoms with Gasteiger partial charge in [0.1, 0.15) is 24.7 Å². The van der Waals surface area contributed by atoms with Gasteiger partial charge in [0.05, 0.1) is 5.69 Å². The van der Waals surface area contributed by atoms with Crippen LogP contribution < -0.4 is 14.4 Å². The van der Waals surface area contributed by atoms with Gasteiger partial charge < -0.3 is 14.0 Å². The van der Waals surface area contributed by atoms with E-state index in [1.54, 1.807) is 4.90 Å². The van der Waals surface area contributed by atoms with Gasteiger partial charge in [0.2, 0.25) is 11.7 Å². The van der Waals surface area contributed by atoms with E-state index < -0.39 is 0 Å². The fourth-order valence-electron chi connectivity index (χ4n) is 3.50. The van der Waals surface area contributed by atoms with Gasteiger partial charge in [-0.1, -0.05) is 41.6 Å². The first-order valence-electron chi connectivity index (χ1n) is 10.3. The van der Waals surface area contributed by atoms with Gasteiger partial charge in [-0.25, -0.2) is 0 Å². The number of benzene rings is 3. The van der Waals surface area contributed by atoms with Crippen LogP contribution in [0, 0.1) is 6.92 Å². The quantitative estimate of drug-likeness (QED) is 0.449. The molecule has 2 heterocycles. The van der Waals surface area contributed by atoms with Gasteiger partial charge in [-0.3, -0.25) is 9.69 Å². The lowest BCUT2D eigenvalue weighted by atomic mass is 10.1. The molecular weight excluding hydrogens is 406 g/mol. The zero-order chi connectivity index (χ0) is 21.9. The Kier molecular flexibility index (Phi) is 5.29. The number of nitrogens with zero attached hydrogens (tertiary/aromatic N) is 3. The molecule has 32 heavy (non-hydrogen) atoms. The first kappa shape index (κ1) is 19.8. The molecule has 0 atom stereocenters. The molecule has 1 aromatic heterocycles. The van der Waals surface area contributed by atoms with Crippen LogP contribution in [-0.2, 0) is 17.9 Å². The third kappa shape index (κ3) is 4.18. The van der Waals surface area contributed by atoms with Crippen molar-refractivity contribution in [2.24, 2.45) is 0 Å². The Labute approximate surface area is 185 Å². The van der Waals surface area contributed by atoms with Crippen molar-refractivity contribution in [3.63, 3.8) is 0 Å². The Balaban J connectivity index is 1.27. The highest BCUT2D eigenvalue weighted by Gasteiger charge is 2.27. The minimum absolute atomic E-state index is 0.0120. The molecule has 7 heteroatoms. The number of anilines is 1. The first-order chi connectivity index (χ1) is 15.7. The molecule has 160 valence electrons. The third-order valence-corrected chi connectivity index (χ3v) is 5.18. The molecule has 0 fully saturated rings. The van der Waals surface area contributed by atoms with Crippen LogP contribution in [0.25, 0.3) is 11.4 Å². The molecule has 1 aliphatic rings. The van der Waals surface area contributed by atoms with Crippen LogP contribution in [0.15, 0.2) is 77.3 Å². The summed E-state index contributed by atoms with van der Waals surface area (Å²) in [5.74, 6) is 2.09. The van der Waals surface area contributed by atoms with Crippen molar-refractivity contribution >= 4 is 11.6 Å². The van der Waals surface area contributed by atoms with Gasteiger partial charge in [-0.15, -0.1) is 0 Å². The van der Waals surface area contributed by atoms with Crippen molar-refractivity contribution < 1.29 is 18.8 Å². The molecule has 0 bridgehead atoms. The Morgan fingerprint density at radius 2 is 1.84 bits per heavy atom. The topological polar surface area (TPSA) is 77.7 Å². The van der Waals surface area contributed by atoms with E-state index in [-0.39, 0.29) is 19.1 Å². The Bertz CT molecular complexity index is 1240. The smallest absolute Gasteiger partial charge is 0.265 e. The van der Waals surface area contributed by atoms with Crippen LogP contribution in [0.3, 0.4) is 0 Å². The summed E-state index contributed by atoms with van der Waals surface area (Å²) >= 11 is 0. The van der Waals surface area contributed by atoms with Crippen LogP contribution in [0.5, 0.6) is 11.5 Å². The lowest BCUT2D eigenvalue weighted by molar-refractivity contribution is -0.121. The van der Waals surface area contributed by atoms with Crippen molar-refractivity contribution in [2.45, 2.75) is 20.1 Å². The fraction of sp³-hybridized carbons (Fsp3) is 0.160. The van der Waals surface area contributed by atoms with E-state index in [0.29, 0.717) is 29.8 Å². The summed E-state index contributed by atoms with van der Waals surface area (Å²) in [6.07, 6.45) is 0. The first-order valence-corrected chi connectivity index (χ1v) is 10.3. The largest absolute Gasteiger partial charge is 0.489 e. The molecule has 0 N–H and O–H groups in total. The lowest BCUT2D eigenvalue weighted by Gasteiger charge is -2.28. The Morgan fingerprint density at radius 3 is 2.66 bits per heavy atom. The van der Waals surface area contributed by atoms with Crippen LogP contribution in [0.4, 0.5) is 5.69 Å². The van der Waals surface area contributed by atoms with Crippen LogP contribution >= 0.6 is 0 Å². The highest BCUT2D eigenvalue weighted by Crippen LogP contribution is 2.34. The van der Waals surface area contributed by atoms with Gasteiger partial charge in [-0.05, 0) is 54.4 Å². The fourth-order valence-corrected chi connectivity index (χ4v) is 3.50. The molecule has 0 aliphatic carbocycles. The molecule has 0 radical (unpaired) electrons. The molecular formula is C25H21N3O4. The van der Waals surface area contributed by atoms with Gasteiger partial charge in [0.25, 0.3) is 5.91 Å². The molecule has 3 aromatic carbocycles. The molecule has 0 saturated carbocycles. The summed E-state index contributed by atoms with van der Waals surface area (Å²) in [6.45, 7) is 2.65. The number of rotatable bonds is 6. The molecule has 0 unspecified atom stereocenters. The summed E-state index contributed by atoms with van der Waals surface area (Å²) in [5.41, 5.74) is 3.67. The van der Waals surface area contributed by atoms with Crippen LogP contribution in [0.1, 0.15) is 17.0 Å². The Morgan fingerprint density at radius 1 is 1.03 bits per heavy atom. The monoisotopic (exact) mass is 427 g/mol. The number of carbonyl (C=O) groups is 1. The zero-order valence-electron chi connectivity index (χ0n) is 17.5. The highest BCUT2D eigenvalue weighted by molar-refractivity contribution is 5.97. The highest BCUT2D eigenvalue weighted by atomic mass is 16.5. The predicted octanol–water partition coefficient (Wildman–Crippen LogP) is 4.55. The second-order valence-electron chi connectivity index (χ2n) is 7.55. The number of hydrogen-bond donors (Lipinski definition) is 0. The number of fused-ring (bicyclic) bond motifs is 1. The van der Waals surface area contributed by atoms with Gasteiger partial charge in [-0.2, -0.15) is 4.98 Å². The number of aryl methyl sites for hydroxylation is 1. The summed E-state index contributed by atoms with van der Waals surface area (Å²) in [7, 11) is 0. The zero-order valence-corrected chi connectivity index (χ0v) is 17.5. The normalized spacial score (nSPS) is 12.9. The van der Waals surface area contributed by atoms with Crippen molar-refractivity contribution in [1.29, 1.82) is 0 Å². The van der Waals surface area contributed by atoms with Crippen molar-refractivity contribution in [3.8, 4) is 22.9 Å². The number of ether oxygens (including phenoxy) is 2. The van der Waals surface area contributed by atoms with Crippen LogP contribution in [-0.4, -0.2) is 22.7 Å². The van der Waals surface area contributed by atoms with E-state index in [9.17, 15) is 4.79 Å². The average Bonchev–Trinajstić information content (AvgIpc) is 3.29. The Hall–Kier alpha value is -4.13. The lowest BCUT2D eigenvalue weighted by Crippen LogP contribution is -2.38. The van der Waals surface area contributed by atoms with E-state index in [2.05, 4.69) is 10.1 Å². The molecule has 0 spiro atoms. The second-order valence-corrected chi connectivity index (χ2v) is 7.55. The predicted molar refractivity (Wildman–Crippen MR) is 118 cm³/mol. The number of aromatic nitrogens is 2. The molecule has 7 nitrogen and oxygen atoms in total. The maximum atomic E-state index is 12.4. The average molecular weight is 427 g/mol. The van der Waals surface area contributed by atoms with E-state index in [1.165, 1.54) is 0 Å². The van der Waals surface area contributed by atoms with E-state index in [1.807, 2.05) is 79.7 Å².